The molecule has 0 aliphatic rings. The SMILES string of the molecule is COC(=O)C(Cc1ccc(OC)cc1C)NC(=O)OC(C)(C)C. The first-order chi connectivity index (χ1) is 10.7. The highest BCUT2D eigenvalue weighted by molar-refractivity contribution is 5.81. The van der Waals surface area contributed by atoms with Crippen LogP contribution >= 0.6 is 0 Å². The van der Waals surface area contributed by atoms with Gasteiger partial charge in [0.1, 0.15) is 17.4 Å². The van der Waals surface area contributed by atoms with Crippen LogP contribution in [0.25, 0.3) is 0 Å². The van der Waals surface area contributed by atoms with Gasteiger partial charge in [-0.05, 0) is 51.0 Å². The summed E-state index contributed by atoms with van der Waals surface area (Å²) >= 11 is 0. The van der Waals surface area contributed by atoms with E-state index in [1.807, 2.05) is 25.1 Å². The summed E-state index contributed by atoms with van der Waals surface area (Å²) in [5, 5.41) is 2.56. The summed E-state index contributed by atoms with van der Waals surface area (Å²) in [6.45, 7) is 7.19. The van der Waals surface area contributed by atoms with Crippen LogP contribution in [0.4, 0.5) is 4.79 Å². The second-order valence-electron chi connectivity index (χ2n) is 6.22. The summed E-state index contributed by atoms with van der Waals surface area (Å²) in [5.41, 5.74) is 1.24. The molecule has 6 nitrogen and oxygen atoms in total. The first-order valence-corrected chi connectivity index (χ1v) is 7.37. The minimum Gasteiger partial charge on any atom is -0.497 e. The molecule has 1 atom stereocenters. The lowest BCUT2D eigenvalue weighted by molar-refractivity contribution is -0.143. The molecule has 1 aromatic carbocycles. The molecule has 1 unspecified atom stereocenters. The summed E-state index contributed by atoms with van der Waals surface area (Å²) in [4.78, 5) is 23.8. The summed E-state index contributed by atoms with van der Waals surface area (Å²) in [5.74, 6) is 0.215. The molecule has 0 aliphatic carbocycles. The van der Waals surface area contributed by atoms with Gasteiger partial charge >= 0.3 is 12.1 Å². The molecule has 1 N–H and O–H groups in total. The van der Waals surface area contributed by atoms with Crippen molar-refractivity contribution in [2.24, 2.45) is 0 Å². The number of hydrogen-bond donors (Lipinski definition) is 1. The van der Waals surface area contributed by atoms with Gasteiger partial charge in [0.2, 0.25) is 0 Å². The fourth-order valence-electron chi connectivity index (χ4n) is 2.03. The predicted molar refractivity (Wildman–Crippen MR) is 86.6 cm³/mol. The van der Waals surface area contributed by atoms with E-state index in [0.717, 1.165) is 16.9 Å². The quantitative estimate of drug-likeness (QED) is 0.843. The highest BCUT2D eigenvalue weighted by Crippen LogP contribution is 2.18. The number of benzene rings is 1. The van der Waals surface area contributed by atoms with Crippen LogP contribution < -0.4 is 10.1 Å². The van der Waals surface area contributed by atoms with E-state index >= 15 is 0 Å². The number of hydrogen-bond acceptors (Lipinski definition) is 5. The van der Waals surface area contributed by atoms with Gasteiger partial charge in [-0.1, -0.05) is 6.07 Å². The molecule has 0 heterocycles. The molecule has 128 valence electrons. The Morgan fingerprint density at radius 2 is 1.87 bits per heavy atom. The number of ether oxygens (including phenoxy) is 3. The van der Waals surface area contributed by atoms with Gasteiger partial charge in [0, 0.05) is 6.42 Å². The van der Waals surface area contributed by atoms with E-state index in [-0.39, 0.29) is 0 Å². The van der Waals surface area contributed by atoms with Gasteiger partial charge in [0.15, 0.2) is 0 Å². The first kappa shape index (κ1) is 18.8. The van der Waals surface area contributed by atoms with Crippen LogP contribution in [0, 0.1) is 6.92 Å². The lowest BCUT2D eigenvalue weighted by Gasteiger charge is -2.23. The van der Waals surface area contributed by atoms with Gasteiger partial charge < -0.3 is 19.5 Å². The number of amides is 1. The number of aryl methyl sites for hydroxylation is 1. The maximum Gasteiger partial charge on any atom is 0.408 e. The fraction of sp³-hybridized carbons (Fsp3) is 0.529. The average molecular weight is 323 g/mol. The van der Waals surface area contributed by atoms with Gasteiger partial charge in [0.05, 0.1) is 14.2 Å². The molecule has 1 amide bonds. The van der Waals surface area contributed by atoms with Crippen LogP contribution in [-0.4, -0.2) is 37.9 Å². The third kappa shape index (κ3) is 6.18. The van der Waals surface area contributed by atoms with E-state index in [1.165, 1.54) is 7.11 Å². The summed E-state index contributed by atoms with van der Waals surface area (Å²) in [6, 6.07) is 4.73. The largest absolute Gasteiger partial charge is 0.497 e. The Morgan fingerprint density at radius 3 is 2.35 bits per heavy atom. The van der Waals surface area contributed by atoms with Crippen molar-refractivity contribution in [2.45, 2.75) is 45.8 Å². The molecule has 0 fully saturated rings. The van der Waals surface area contributed by atoms with Gasteiger partial charge in [-0.2, -0.15) is 0 Å². The van der Waals surface area contributed by atoms with E-state index in [4.69, 9.17) is 14.2 Å². The molecule has 23 heavy (non-hydrogen) atoms. The predicted octanol–water partition coefficient (Wildman–Crippen LogP) is 2.61. The van der Waals surface area contributed by atoms with E-state index < -0.39 is 23.7 Å². The van der Waals surface area contributed by atoms with Gasteiger partial charge in [-0.3, -0.25) is 0 Å². The van der Waals surface area contributed by atoms with Crippen molar-refractivity contribution in [1.29, 1.82) is 0 Å². The molecule has 1 aromatic rings. The highest BCUT2D eigenvalue weighted by atomic mass is 16.6. The molecule has 0 radical (unpaired) electrons. The van der Waals surface area contributed by atoms with Crippen molar-refractivity contribution in [2.75, 3.05) is 14.2 Å². The summed E-state index contributed by atoms with van der Waals surface area (Å²) in [6.07, 6.45) is -0.346. The molecular formula is C17H25NO5. The lowest BCUT2D eigenvalue weighted by Crippen LogP contribution is -2.45. The number of carbonyl (C=O) groups is 2. The molecular weight excluding hydrogens is 298 g/mol. The third-order valence-electron chi connectivity index (χ3n) is 3.15. The second-order valence-corrected chi connectivity index (χ2v) is 6.22. The van der Waals surface area contributed by atoms with Crippen molar-refractivity contribution < 1.29 is 23.8 Å². The molecule has 0 bridgehead atoms. The normalized spacial score (nSPS) is 12.3. The Hall–Kier alpha value is -2.24. The van der Waals surface area contributed by atoms with Crippen molar-refractivity contribution >= 4 is 12.1 Å². The Labute approximate surface area is 137 Å². The smallest absolute Gasteiger partial charge is 0.408 e. The molecule has 0 aliphatic heterocycles. The highest BCUT2D eigenvalue weighted by Gasteiger charge is 2.25. The first-order valence-electron chi connectivity index (χ1n) is 7.37. The molecule has 0 spiro atoms. The minimum absolute atomic E-state index is 0.307. The Bertz CT molecular complexity index is 563. The Balaban J connectivity index is 2.87. The number of methoxy groups -OCH3 is 2. The topological polar surface area (TPSA) is 73.9 Å². The van der Waals surface area contributed by atoms with Crippen LogP contribution in [0.15, 0.2) is 18.2 Å². The van der Waals surface area contributed by atoms with E-state index in [0.29, 0.717) is 6.42 Å². The van der Waals surface area contributed by atoms with E-state index in [9.17, 15) is 9.59 Å². The van der Waals surface area contributed by atoms with Gasteiger partial charge in [-0.15, -0.1) is 0 Å². The van der Waals surface area contributed by atoms with Crippen LogP contribution in [0.2, 0.25) is 0 Å². The average Bonchev–Trinajstić information content (AvgIpc) is 2.45. The Morgan fingerprint density at radius 1 is 1.22 bits per heavy atom. The third-order valence-corrected chi connectivity index (χ3v) is 3.15. The standard InChI is InChI=1S/C17H25NO5/c1-11-9-13(21-5)8-7-12(11)10-14(15(19)22-6)18-16(20)23-17(2,3)4/h7-9,14H,10H2,1-6H3,(H,18,20). The zero-order chi connectivity index (χ0) is 17.6. The number of esters is 1. The fourth-order valence-corrected chi connectivity index (χ4v) is 2.03. The molecule has 0 aromatic heterocycles. The monoisotopic (exact) mass is 323 g/mol. The number of alkyl carbamates (subject to hydrolysis) is 1. The number of rotatable bonds is 5. The van der Waals surface area contributed by atoms with Crippen LogP contribution in [0.5, 0.6) is 5.75 Å². The van der Waals surface area contributed by atoms with E-state index in [1.54, 1.807) is 27.9 Å². The zero-order valence-electron chi connectivity index (χ0n) is 14.6. The van der Waals surface area contributed by atoms with Crippen LogP contribution in [0.3, 0.4) is 0 Å². The molecule has 0 saturated heterocycles. The zero-order valence-corrected chi connectivity index (χ0v) is 14.6. The van der Waals surface area contributed by atoms with Gasteiger partial charge in [0.25, 0.3) is 0 Å². The summed E-state index contributed by atoms with van der Waals surface area (Å²) < 4.78 is 15.1. The maximum atomic E-state index is 11.9. The van der Waals surface area contributed by atoms with E-state index in [2.05, 4.69) is 5.32 Å². The molecule has 0 saturated carbocycles. The molecule has 6 heteroatoms. The van der Waals surface area contributed by atoms with Crippen molar-refractivity contribution in [3.05, 3.63) is 29.3 Å². The number of carbonyl (C=O) groups excluding carboxylic acids is 2. The molecule has 1 rings (SSSR count). The lowest BCUT2D eigenvalue weighted by atomic mass is 10.0. The van der Waals surface area contributed by atoms with Crippen molar-refractivity contribution in [3.63, 3.8) is 0 Å². The Kier molecular flexibility index (Phi) is 6.42. The van der Waals surface area contributed by atoms with Crippen LogP contribution in [-0.2, 0) is 20.7 Å². The van der Waals surface area contributed by atoms with Crippen molar-refractivity contribution in [3.8, 4) is 5.75 Å². The summed E-state index contributed by atoms with van der Waals surface area (Å²) in [7, 11) is 2.88. The minimum atomic E-state index is -0.818. The second kappa shape index (κ2) is 7.85. The maximum absolute atomic E-state index is 11.9. The van der Waals surface area contributed by atoms with Crippen molar-refractivity contribution in [1.82, 2.24) is 5.32 Å². The number of nitrogens with one attached hydrogen (secondary N) is 1. The van der Waals surface area contributed by atoms with Gasteiger partial charge in [-0.25, -0.2) is 9.59 Å². The van der Waals surface area contributed by atoms with Crippen LogP contribution in [0.1, 0.15) is 31.9 Å².